The van der Waals surface area contributed by atoms with E-state index in [0.29, 0.717) is 5.02 Å². The van der Waals surface area contributed by atoms with Crippen molar-refractivity contribution in [1.82, 2.24) is 14.9 Å². The Morgan fingerprint density at radius 3 is 2.45 bits per heavy atom. The van der Waals surface area contributed by atoms with Crippen LogP contribution in [0.15, 0.2) is 36.7 Å². The zero-order chi connectivity index (χ0) is 13.9. The minimum absolute atomic E-state index is 0.711. The highest BCUT2D eigenvalue weighted by Gasteiger charge is 2.20. The van der Waals surface area contributed by atoms with Crippen molar-refractivity contribution >= 4 is 17.4 Å². The molecule has 5 heteroatoms. The summed E-state index contributed by atoms with van der Waals surface area (Å²) in [5, 5.41) is 0.711. The van der Waals surface area contributed by atoms with Crippen molar-refractivity contribution in [2.75, 3.05) is 38.1 Å². The molecule has 1 aromatic heterocycles. The van der Waals surface area contributed by atoms with Crippen molar-refractivity contribution in [3.05, 3.63) is 41.7 Å². The zero-order valence-corrected chi connectivity index (χ0v) is 12.2. The van der Waals surface area contributed by atoms with Crippen LogP contribution in [0.2, 0.25) is 5.02 Å². The van der Waals surface area contributed by atoms with Crippen molar-refractivity contribution in [2.45, 2.75) is 0 Å². The predicted octanol–water partition coefficient (Wildman–Crippen LogP) is 2.55. The highest BCUT2D eigenvalue weighted by Crippen LogP contribution is 2.32. The van der Waals surface area contributed by atoms with Gasteiger partial charge in [0.1, 0.15) is 5.69 Å². The number of halogens is 1. The van der Waals surface area contributed by atoms with Crippen molar-refractivity contribution < 1.29 is 0 Å². The largest absolute Gasteiger partial charge is 0.352 e. The minimum atomic E-state index is 0.711. The number of aromatic nitrogens is 2. The van der Waals surface area contributed by atoms with Gasteiger partial charge in [0.15, 0.2) is 5.82 Å². The Hall–Kier alpha value is -1.65. The van der Waals surface area contributed by atoms with E-state index in [2.05, 4.69) is 26.8 Å². The number of rotatable bonds is 2. The molecule has 1 saturated heterocycles. The van der Waals surface area contributed by atoms with E-state index in [1.165, 1.54) is 0 Å². The lowest BCUT2D eigenvalue weighted by molar-refractivity contribution is 0.312. The molecule has 4 nitrogen and oxygen atoms in total. The Morgan fingerprint density at radius 1 is 1.00 bits per heavy atom. The van der Waals surface area contributed by atoms with Gasteiger partial charge in [0, 0.05) is 44.1 Å². The molecule has 0 saturated carbocycles. The molecule has 0 amide bonds. The molecule has 0 N–H and O–H groups in total. The number of anilines is 1. The topological polar surface area (TPSA) is 32.3 Å². The van der Waals surface area contributed by atoms with Gasteiger partial charge in [-0.15, -0.1) is 0 Å². The number of hydrogen-bond donors (Lipinski definition) is 0. The van der Waals surface area contributed by atoms with E-state index in [0.717, 1.165) is 43.3 Å². The van der Waals surface area contributed by atoms with Gasteiger partial charge in [-0.05, 0) is 13.1 Å². The summed E-state index contributed by atoms with van der Waals surface area (Å²) in [6.45, 7) is 4.01. The molecule has 1 fully saturated rings. The van der Waals surface area contributed by atoms with E-state index in [9.17, 15) is 0 Å². The van der Waals surface area contributed by atoms with E-state index < -0.39 is 0 Å². The van der Waals surface area contributed by atoms with Gasteiger partial charge >= 0.3 is 0 Å². The fourth-order valence-corrected chi connectivity index (χ4v) is 2.65. The molecule has 1 aliphatic heterocycles. The van der Waals surface area contributed by atoms with Crippen LogP contribution in [0.1, 0.15) is 0 Å². The first-order valence-electron chi connectivity index (χ1n) is 6.75. The Balaban J connectivity index is 1.99. The maximum absolute atomic E-state index is 6.30. The Kier molecular flexibility index (Phi) is 3.85. The van der Waals surface area contributed by atoms with Gasteiger partial charge in [0.25, 0.3) is 0 Å². The van der Waals surface area contributed by atoms with Gasteiger partial charge in [-0.3, -0.25) is 4.98 Å². The molecule has 0 aliphatic carbocycles. The first-order valence-corrected chi connectivity index (χ1v) is 7.13. The predicted molar refractivity (Wildman–Crippen MR) is 82.2 cm³/mol. The minimum Gasteiger partial charge on any atom is -0.352 e. The van der Waals surface area contributed by atoms with Crippen molar-refractivity contribution in [2.24, 2.45) is 0 Å². The molecular formula is C15H17ClN4. The van der Waals surface area contributed by atoms with Crippen LogP contribution in [0.5, 0.6) is 0 Å². The number of likely N-dealkylation sites (N-methyl/N-ethyl adjacent to an activating group) is 1. The average molecular weight is 289 g/mol. The maximum atomic E-state index is 6.30. The molecule has 0 bridgehead atoms. The number of nitrogens with zero attached hydrogens (tertiary/aromatic N) is 4. The standard InChI is InChI=1S/C15H17ClN4/c1-19-8-10-20(11-9-19)15-14(17-6-7-18-15)12-4-2-3-5-13(12)16/h2-7H,8-11H2,1H3. The Labute approximate surface area is 124 Å². The van der Waals surface area contributed by atoms with Gasteiger partial charge < -0.3 is 9.80 Å². The molecule has 0 radical (unpaired) electrons. The van der Waals surface area contributed by atoms with Gasteiger partial charge in [-0.1, -0.05) is 29.8 Å². The summed E-state index contributed by atoms with van der Waals surface area (Å²) in [5.41, 5.74) is 1.80. The van der Waals surface area contributed by atoms with Crippen LogP contribution in [0.3, 0.4) is 0 Å². The van der Waals surface area contributed by atoms with Gasteiger partial charge in [-0.25, -0.2) is 4.98 Å². The molecule has 104 valence electrons. The monoisotopic (exact) mass is 288 g/mol. The van der Waals surface area contributed by atoms with E-state index in [1.807, 2.05) is 24.3 Å². The summed E-state index contributed by atoms with van der Waals surface area (Å²) < 4.78 is 0. The molecule has 1 aromatic carbocycles. The highest BCUT2D eigenvalue weighted by molar-refractivity contribution is 6.33. The van der Waals surface area contributed by atoms with E-state index in [4.69, 9.17) is 11.6 Å². The molecule has 0 spiro atoms. The number of hydrogen-bond acceptors (Lipinski definition) is 4. The second kappa shape index (κ2) is 5.77. The normalized spacial score (nSPS) is 16.4. The van der Waals surface area contributed by atoms with Crippen LogP contribution in [0, 0.1) is 0 Å². The summed E-state index contributed by atoms with van der Waals surface area (Å²) in [6, 6.07) is 7.78. The molecule has 2 aromatic rings. The van der Waals surface area contributed by atoms with Gasteiger partial charge in [-0.2, -0.15) is 0 Å². The first kappa shape index (κ1) is 13.3. The third kappa shape index (κ3) is 2.62. The molecule has 3 rings (SSSR count). The molecule has 0 atom stereocenters. The van der Waals surface area contributed by atoms with Crippen LogP contribution in [0.25, 0.3) is 11.3 Å². The van der Waals surface area contributed by atoms with Gasteiger partial charge in [0.2, 0.25) is 0 Å². The number of benzene rings is 1. The van der Waals surface area contributed by atoms with E-state index >= 15 is 0 Å². The summed E-state index contributed by atoms with van der Waals surface area (Å²) in [6.07, 6.45) is 3.46. The van der Waals surface area contributed by atoms with Crippen molar-refractivity contribution in [3.63, 3.8) is 0 Å². The fourth-order valence-electron chi connectivity index (χ4n) is 2.42. The second-order valence-corrected chi connectivity index (χ2v) is 5.41. The lowest BCUT2D eigenvalue weighted by atomic mass is 10.1. The van der Waals surface area contributed by atoms with Crippen LogP contribution in [-0.2, 0) is 0 Å². The summed E-state index contributed by atoms with van der Waals surface area (Å²) >= 11 is 6.30. The highest BCUT2D eigenvalue weighted by atomic mass is 35.5. The quantitative estimate of drug-likeness (QED) is 0.850. The summed E-state index contributed by atoms with van der Waals surface area (Å²) in [5.74, 6) is 0.925. The van der Waals surface area contributed by atoms with Gasteiger partial charge in [0.05, 0.1) is 5.02 Å². The molecule has 0 unspecified atom stereocenters. The van der Waals surface area contributed by atoms with Crippen LogP contribution in [0.4, 0.5) is 5.82 Å². The molecule has 20 heavy (non-hydrogen) atoms. The van der Waals surface area contributed by atoms with E-state index in [1.54, 1.807) is 12.4 Å². The third-order valence-electron chi connectivity index (χ3n) is 3.61. The van der Waals surface area contributed by atoms with Crippen LogP contribution in [-0.4, -0.2) is 48.1 Å². The summed E-state index contributed by atoms with van der Waals surface area (Å²) in [7, 11) is 2.14. The van der Waals surface area contributed by atoms with Crippen molar-refractivity contribution in [1.29, 1.82) is 0 Å². The zero-order valence-electron chi connectivity index (χ0n) is 11.5. The lowest BCUT2D eigenvalue weighted by Gasteiger charge is -2.33. The SMILES string of the molecule is CN1CCN(c2nccnc2-c2ccccc2Cl)CC1. The van der Waals surface area contributed by atoms with Crippen molar-refractivity contribution in [3.8, 4) is 11.3 Å². The van der Waals surface area contributed by atoms with Crippen LogP contribution < -0.4 is 4.90 Å². The second-order valence-electron chi connectivity index (χ2n) is 5.00. The van der Waals surface area contributed by atoms with Crippen LogP contribution >= 0.6 is 11.6 Å². The molecule has 2 heterocycles. The number of piperazine rings is 1. The Bertz CT molecular complexity index is 594. The van der Waals surface area contributed by atoms with E-state index in [-0.39, 0.29) is 0 Å². The molecule has 1 aliphatic rings. The third-order valence-corrected chi connectivity index (χ3v) is 3.94. The lowest BCUT2D eigenvalue weighted by Crippen LogP contribution is -2.45. The maximum Gasteiger partial charge on any atom is 0.155 e. The summed E-state index contributed by atoms with van der Waals surface area (Å²) in [4.78, 5) is 13.6. The molecular weight excluding hydrogens is 272 g/mol. The smallest absolute Gasteiger partial charge is 0.155 e. The Morgan fingerprint density at radius 2 is 1.70 bits per heavy atom. The fraction of sp³-hybridized carbons (Fsp3) is 0.333. The first-order chi connectivity index (χ1) is 9.75. The average Bonchev–Trinajstić information content (AvgIpc) is 2.49.